The maximum atomic E-state index is 9.38. The average molecular weight is 884 g/mol. The van der Waals surface area contributed by atoms with Crippen LogP contribution in [0.2, 0.25) is 0 Å². The van der Waals surface area contributed by atoms with Gasteiger partial charge in [0.15, 0.2) is 8.07 Å². The van der Waals surface area contributed by atoms with Gasteiger partial charge >= 0.3 is 0 Å². The molecule has 9 aromatic rings. The number of benzene rings is 9. The number of fused-ring (bicyclic) bond motifs is 7. The highest BCUT2D eigenvalue weighted by molar-refractivity contribution is 7.22. The Morgan fingerprint density at radius 2 is 1.01 bits per heavy atom. The van der Waals surface area contributed by atoms with Crippen LogP contribution in [0.4, 0.5) is 34.1 Å². The predicted molar refractivity (Wildman–Crippen MR) is 291 cm³/mol. The molecule has 0 fully saturated rings. The van der Waals surface area contributed by atoms with E-state index in [0.29, 0.717) is 5.56 Å². The lowest BCUT2D eigenvalue weighted by atomic mass is 9.33. The van der Waals surface area contributed by atoms with Gasteiger partial charge in [-0.1, -0.05) is 199 Å². The normalized spacial score (nSPS) is 15.3. The van der Waals surface area contributed by atoms with E-state index in [9.17, 15) is 2.74 Å². The molecule has 12 rings (SSSR count). The maximum absolute atomic E-state index is 9.38. The quantitative estimate of drug-likeness (QED) is 0.159. The van der Waals surface area contributed by atoms with Crippen molar-refractivity contribution in [3.63, 3.8) is 0 Å². The number of hydrogen-bond acceptors (Lipinski definition) is 2. The van der Waals surface area contributed by atoms with Gasteiger partial charge in [0.2, 0.25) is 0 Å². The van der Waals surface area contributed by atoms with Gasteiger partial charge in [0, 0.05) is 34.0 Å². The molecule has 0 N–H and O–H groups in total. The number of rotatable bonds is 5. The van der Waals surface area contributed by atoms with Crippen molar-refractivity contribution in [2.75, 3.05) is 9.80 Å². The third-order valence-electron chi connectivity index (χ3n) is 14.6. The van der Waals surface area contributed by atoms with E-state index in [2.05, 4.69) is 234 Å². The largest absolute Gasteiger partial charge is 0.311 e. The van der Waals surface area contributed by atoms with Crippen molar-refractivity contribution in [1.82, 2.24) is 0 Å². The van der Waals surface area contributed by atoms with Crippen molar-refractivity contribution in [1.29, 1.82) is 0 Å². The fourth-order valence-corrected chi connectivity index (χ4v) is 16.7. The molecule has 9 aromatic carbocycles. The van der Waals surface area contributed by atoms with Gasteiger partial charge in [0.05, 0.1) is 12.5 Å². The second-order valence-electron chi connectivity index (χ2n) is 20.6. The summed E-state index contributed by atoms with van der Waals surface area (Å²) >= 11 is 0. The van der Waals surface area contributed by atoms with Gasteiger partial charge in [-0.3, -0.25) is 0 Å². The molecule has 3 aliphatic rings. The van der Waals surface area contributed by atoms with Crippen LogP contribution in [0, 0.1) is 6.92 Å². The number of para-hydroxylation sites is 1. The summed E-state index contributed by atoms with van der Waals surface area (Å²) in [5, 5.41) is 5.46. The van der Waals surface area contributed by atoms with Gasteiger partial charge in [0.1, 0.15) is 0 Å². The van der Waals surface area contributed by atoms with E-state index in [0.717, 1.165) is 56.2 Å². The van der Waals surface area contributed by atoms with Gasteiger partial charge < -0.3 is 9.80 Å². The van der Waals surface area contributed by atoms with Gasteiger partial charge in [0.25, 0.3) is 6.71 Å². The minimum atomic E-state index is -2.84. The van der Waals surface area contributed by atoms with E-state index in [-0.39, 0.29) is 47.3 Å². The van der Waals surface area contributed by atoms with Crippen LogP contribution in [-0.4, -0.2) is 14.8 Å². The molecule has 0 aromatic heterocycles. The van der Waals surface area contributed by atoms with E-state index in [4.69, 9.17) is 4.11 Å². The van der Waals surface area contributed by atoms with E-state index in [1.54, 1.807) is 0 Å². The molecule has 0 amide bonds. The van der Waals surface area contributed by atoms with Gasteiger partial charge in [-0.05, 0) is 137 Å². The first-order valence-electron chi connectivity index (χ1n) is 26.1. The molecular formula is C63H55BN2Si. The summed E-state index contributed by atoms with van der Waals surface area (Å²) in [5.74, 6) is 0. The fraction of sp³-hybridized carbons (Fsp3) is 0.143. The third-order valence-corrected chi connectivity index (χ3v) is 19.4. The van der Waals surface area contributed by atoms with E-state index < -0.39 is 14.1 Å². The van der Waals surface area contributed by atoms with E-state index in [1.165, 1.54) is 42.9 Å². The van der Waals surface area contributed by atoms with E-state index >= 15 is 0 Å². The molecule has 67 heavy (non-hydrogen) atoms. The summed E-state index contributed by atoms with van der Waals surface area (Å²) in [6, 6.07) is 63.7. The van der Waals surface area contributed by atoms with Crippen LogP contribution < -0.4 is 46.9 Å². The van der Waals surface area contributed by atoms with Crippen LogP contribution >= 0.6 is 0 Å². The van der Waals surface area contributed by atoms with Crippen molar-refractivity contribution in [2.24, 2.45) is 0 Å². The van der Waals surface area contributed by atoms with Crippen molar-refractivity contribution in [3.05, 3.63) is 223 Å². The highest BCUT2D eigenvalue weighted by atomic mass is 28.3. The van der Waals surface area contributed by atoms with Crippen LogP contribution in [0.25, 0.3) is 22.3 Å². The molecule has 3 aliphatic heterocycles. The van der Waals surface area contributed by atoms with Crippen LogP contribution in [0.3, 0.4) is 0 Å². The smallest absolute Gasteiger partial charge is 0.252 e. The lowest BCUT2D eigenvalue weighted by Crippen LogP contribution is -2.72. The Bertz CT molecular complexity index is 3640. The molecule has 0 aliphatic carbocycles. The van der Waals surface area contributed by atoms with Gasteiger partial charge in [-0.15, -0.1) is 0 Å². The Labute approximate surface area is 405 Å². The zero-order valence-electron chi connectivity index (χ0n) is 44.2. The van der Waals surface area contributed by atoms with Crippen LogP contribution in [-0.2, 0) is 10.8 Å². The molecule has 0 saturated heterocycles. The first-order chi connectivity index (χ1) is 34.5. The van der Waals surface area contributed by atoms with Crippen molar-refractivity contribution < 1.29 is 6.85 Å². The first-order valence-corrected chi connectivity index (χ1v) is 25.6. The monoisotopic (exact) mass is 883 g/mol. The standard InChI is InChI=1S/C63H55BN2Si/c1-42-37-57-61-58(38-42)66(54-35-31-44(62(2,3)4)39-51(54)43-21-11-8-12-22-43)56-36-32-45(63(5,6)7)40-53(56)64(61)52-28-18-19-29-55(52)65(57)46-33-34-50-49-27-17-20-30-59(49)67(60(50)41-46,47-23-13-9-14-24-47)48-25-15-10-16-26-48/h8-41H,1-7H3/i8D,11D,12D,21D,22D. The second-order valence-corrected chi connectivity index (χ2v) is 24.4. The summed E-state index contributed by atoms with van der Waals surface area (Å²) in [7, 11) is -2.84. The third kappa shape index (κ3) is 6.30. The summed E-state index contributed by atoms with van der Waals surface area (Å²) < 4.78 is 45.1. The maximum Gasteiger partial charge on any atom is 0.252 e. The zero-order valence-corrected chi connectivity index (χ0v) is 40.2. The van der Waals surface area contributed by atoms with Crippen LogP contribution in [0.15, 0.2) is 206 Å². The minimum absolute atomic E-state index is 0.143. The Balaban J connectivity index is 1.17. The second kappa shape index (κ2) is 15.2. The Kier molecular flexibility index (Phi) is 8.18. The molecule has 0 radical (unpaired) electrons. The fourth-order valence-electron chi connectivity index (χ4n) is 11.4. The minimum Gasteiger partial charge on any atom is -0.311 e. The predicted octanol–water partition coefficient (Wildman–Crippen LogP) is 11.7. The highest BCUT2D eigenvalue weighted by Gasteiger charge is 2.50. The molecule has 0 unspecified atom stereocenters. The summed E-state index contributed by atoms with van der Waals surface area (Å²) in [6.45, 7) is 15.3. The molecule has 0 atom stereocenters. The zero-order chi connectivity index (χ0) is 50.2. The SMILES string of the molecule is [2H]c1c([2H])c([2H])c(-c2cc(C(C)(C)C)ccc2N2c3ccc(C(C)(C)C)cc3B3c4ccccc4N(c4ccc5c(c4)[Si](c4ccccc4)(c4ccccc4)c4ccccc4-5)c4cc(C)cc2c43)c([2H])c1[2H]. The lowest BCUT2D eigenvalue weighted by molar-refractivity contribution is 0.590. The van der Waals surface area contributed by atoms with Crippen molar-refractivity contribution in [2.45, 2.75) is 59.3 Å². The molecule has 0 bridgehead atoms. The van der Waals surface area contributed by atoms with Crippen LogP contribution in [0.1, 0.15) is 65.1 Å². The number of anilines is 6. The summed E-state index contributed by atoms with van der Waals surface area (Å²) in [5.41, 5.74) is 15.7. The van der Waals surface area contributed by atoms with Crippen molar-refractivity contribution in [3.8, 4) is 22.3 Å². The van der Waals surface area contributed by atoms with Gasteiger partial charge in [-0.2, -0.15) is 0 Å². The average Bonchev–Trinajstić information content (AvgIpc) is 3.67. The topological polar surface area (TPSA) is 6.48 Å². The molecule has 4 heteroatoms. The van der Waals surface area contributed by atoms with E-state index in [1.807, 2.05) is 0 Å². The Morgan fingerprint density at radius 3 is 1.70 bits per heavy atom. The molecular weight excluding hydrogens is 824 g/mol. The Hall–Kier alpha value is -7.14. The number of hydrogen-bond donors (Lipinski definition) is 0. The number of nitrogens with zero attached hydrogens (tertiary/aromatic N) is 2. The first kappa shape index (κ1) is 36.0. The van der Waals surface area contributed by atoms with Crippen LogP contribution in [0.5, 0.6) is 0 Å². The lowest BCUT2D eigenvalue weighted by Gasteiger charge is -2.45. The number of aryl methyl sites for hydroxylation is 1. The summed E-state index contributed by atoms with van der Waals surface area (Å²) in [6.07, 6.45) is 0. The summed E-state index contributed by atoms with van der Waals surface area (Å²) in [4.78, 5) is 4.81. The van der Waals surface area contributed by atoms with Gasteiger partial charge in [-0.25, -0.2) is 0 Å². The Morgan fingerprint density at radius 1 is 0.448 bits per heavy atom. The molecule has 0 spiro atoms. The molecule has 0 saturated carbocycles. The molecule has 324 valence electrons. The molecule has 3 heterocycles. The van der Waals surface area contributed by atoms with Crippen molar-refractivity contribution >= 4 is 86.0 Å². The molecule has 2 nitrogen and oxygen atoms in total. The highest BCUT2D eigenvalue weighted by Crippen LogP contribution is 2.48.